The number of aromatic nitrogens is 2. The average Bonchev–Trinajstić information content (AvgIpc) is 3.38. The molecule has 3 aromatic rings. The van der Waals surface area contributed by atoms with E-state index < -0.39 is 17.7 Å². The number of halogens is 3. The SMILES string of the molecule is N/C=C1\C(N)=NC2=C(C(=O)CNC2)C1c1ccc(Sc2nc3ccc(C(F)(F)F)cc3[nH]2)o1. The maximum atomic E-state index is 13.0. The van der Waals surface area contributed by atoms with Crippen molar-refractivity contribution >= 4 is 34.4 Å². The van der Waals surface area contributed by atoms with Gasteiger partial charge in [0.15, 0.2) is 16.0 Å². The molecule has 1 aromatic carbocycles. The van der Waals surface area contributed by atoms with Crippen LogP contribution in [0.3, 0.4) is 0 Å². The fraction of sp³-hybridized carbons (Fsp3) is 0.190. The lowest BCUT2D eigenvalue weighted by atomic mass is 9.81. The van der Waals surface area contributed by atoms with Crippen molar-refractivity contribution in [2.24, 2.45) is 16.5 Å². The van der Waals surface area contributed by atoms with Gasteiger partial charge in [-0.1, -0.05) is 0 Å². The van der Waals surface area contributed by atoms with Gasteiger partial charge in [0.05, 0.1) is 34.8 Å². The summed E-state index contributed by atoms with van der Waals surface area (Å²) in [4.78, 5) is 24.1. The van der Waals surface area contributed by atoms with Crippen LogP contribution in [0.4, 0.5) is 13.2 Å². The zero-order chi connectivity index (χ0) is 23.3. The van der Waals surface area contributed by atoms with Gasteiger partial charge >= 0.3 is 6.18 Å². The fourth-order valence-corrected chi connectivity index (χ4v) is 4.68. The van der Waals surface area contributed by atoms with E-state index in [-0.39, 0.29) is 23.7 Å². The van der Waals surface area contributed by atoms with Crippen LogP contribution in [0.5, 0.6) is 0 Å². The number of fused-ring (bicyclic) bond motifs is 1. The van der Waals surface area contributed by atoms with E-state index in [1.54, 1.807) is 12.1 Å². The first-order valence-corrected chi connectivity index (χ1v) is 10.6. The Kier molecular flexibility index (Phi) is 5.05. The minimum atomic E-state index is -4.44. The summed E-state index contributed by atoms with van der Waals surface area (Å²) in [6.45, 7) is 0.571. The number of nitrogens with two attached hydrogens (primary N) is 2. The smallest absolute Gasteiger partial charge is 0.416 e. The van der Waals surface area contributed by atoms with Crippen molar-refractivity contribution in [2.75, 3.05) is 13.1 Å². The molecular formula is C21H17F3N6O2S. The summed E-state index contributed by atoms with van der Waals surface area (Å²) in [6.07, 6.45) is -3.13. The maximum Gasteiger partial charge on any atom is 0.416 e. The van der Waals surface area contributed by atoms with E-state index >= 15 is 0 Å². The van der Waals surface area contributed by atoms with Gasteiger partial charge in [0.2, 0.25) is 0 Å². The molecule has 6 N–H and O–H groups in total. The van der Waals surface area contributed by atoms with Crippen LogP contribution in [0, 0.1) is 0 Å². The Labute approximate surface area is 189 Å². The number of alkyl halides is 3. The predicted molar refractivity (Wildman–Crippen MR) is 115 cm³/mol. The Balaban J connectivity index is 1.46. The van der Waals surface area contributed by atoms with Crippen LogP contribution in [0.1, 0.15) is 17.2 Å². The Morgan fingerprint density at radius 1 is 1.21 bits per heavy atom. The lowest BCUT2D eigenvalue weighted by molar-refractivity contribution is -0.137. The summed E-state index contributed by atoms with van der Waals surface area (Å²) < 4.78 is 44.9. The molecule has 170 valence electrons. The Morgan fingerprint density at radius 2 is 2.03 bits per heavy atom. The maximum absolute atomic E-state index is 13.0. The standard InChI is InChI=1S/C21H17F3N6O2S/c22-21(23,24)9-1-2-11-12(5-9)30-20(29-11)33-16-4-3-15(32-16)17-10(6-25)19(26)28-13-7-27-8-14(31)18(13)17/h1-6,17,27H,7-8,25H2,(H2,26,28)(H,29,30)/b10-6-. The third-order valence-corrected chi connectivity index (χ3v) is 6.20. The second kappa shape index (κ2) is 7.81. The van der Waals surface area contributed by atoms with Gasteiger partial charge in [0.1, 0.15) is 11.6 Å². The molecule has 12 heteroatoms. The number of imidazole rings is 1. The van der Waals surface area contributed by atoms with Gasteiger partial charge in [-0.15, -0.1) is 0 Å². The van der Waals surface area contributed by atoms with Crippen LogP contribution in [0.25, 0.3) is 11.0 Å². The summed E-state index contributed by atoms with van der Waals surface area (Å²) in [5, 5.41) is 3.78. The molecule has 0 fully saturated rings. The first-order valence-electron chi connectivity index (χ1n) is 9.82. The van der Waals surface area contributed by atoms with E-state index in [4.69, 9.17) is 15.9 Å². The molecule has 2 aromatic heterocycles. The summed E-state index contributed by atoms with van der Waals surface area (Å²) in [6, 6.07) is 6.71. The number of amidine groups is 1. The van der Waals surface area contributed by atoms with E-state index in [1.807, 2.05) is 0 Å². The van der Waals surface area contributed by atoms with Crippen molar-refractivity contribution in [3.8, 4) is 0 Å². The normalized spacial score (nSPS) is 20.5. The van der Waals surface area contributed by atoms with Crippen molar-refractivity contribution < 1.29 is 22.4 Å². The molecule has 0 bridgehead atoms. The summed E-state index contributed by atoms with van der Waals surface area (Å²) in [5.41, 5.74) is 13.3. The minimum absolute atomic E-state index is 0.125. The van der Waals surface area contributed by atoms with Crippen molar-refractivity contribution in [3.63, 3.8) is 0 Å². The van der Waals surface area contributed by atoms with Gasteiger partial charge in [-0.2, -0.15) is 13.2 Å². The number of nitrogens with one attached hydrogen (secondary N) is 2. The van der Waals surface area contributed by atoms with Crippen molar-refractivity contribution in [1.29, 1.82) is 0 Å². The Morgan fingerprint density at radius 3 is 2.79 bits per heavy atom. The lowest BCUT2D eigenvalue weighted by Gasteiger charge is -2.29. The highest BCUT2D eigenvalue weighted by atomic mass is 32.2. The molecule has 2 aliphatic heterocycles. The van der Waals surface area contributed by atoms with E-state index in [9.17, 15) is 18.0 Å². The second-order valence-electron chi connectivity index (χ2n) is 7.47. The first-order chi connectivity index (χ1) is 15.7. The summed E-state index contributed by atoms with van der Waals surface area (Å²) in [5.74, 6) is -0.0666. The highest BCUT2D eigenvalue weighted by molar-refractivity contribution is 7.99. The molecule has 8 nitrogen and oxygen atoms in total. The second-order valence-corrected chi connectivity index (χ2v) is 8.46. The fourth-order valence-electron chi connectivity index (χ4n) is 3.91. The van der Waals surface area contributed by atoms with Crippen molar-refractivity contribution in [1.82, 2.24) is 15.3 Å². The van der Waals surface area contributed by atoms with Crippen LogP contribution in [-0.4, -0.2) is 34.7 Å². The molecular weight excluding hydrogens is 457 g/mol. The Hall–Kier alpha value is -3.51. The van der Waals surface area contributed by atoms with Crippen LogP contribution >= 0.6 is 11.8 Å². The summed E-state index contributed by atoms with van der Waals surface area (Å²) in [7, 11) is 0. The number of rotatable bonds is 3. The predicted octanol–water partition coefficient (Wildman–Crippen LogP) is 3.05. The van der Waals surface area contributed by atoms with E-state index in [0.717, 1.165) is 23.9 Å². The molecule has 2 aliphatic rings. The van der Waals surface area contributed by atoms with Gasteiger partial charge < -0.3 is 26.2 Å². The highest BCUT2D eigenvalue weighted by Crippen LogP contribution is 2.41. The molecule has 0 spiro atoms. The zero-order valence-corrected chi connectivity index (χ0v) is 17.7. The molecule has 1 atom stereocenters. The number of nitrogens with zero attached hydrogens (tertiary/aromatic N) is 2. The molecule has 0 saturated carbocycles. The van der Waals surface area contributed by atoms with Crippen LogP contribution < -0.4 is 16.8 Å². The number of aliphatic imine (C=N–C) groups is 1. The molecule has 33 heavy (non-hydrogen) atoms. The number of Topliss-reactive ketones (excluding diaryl/α,β-unsaturated/α-hetero) is 1. The quantitative estimate of drug-likeness (QED) is 0.458. The Bertz CT molecular complexity index is 1370. The summed E-state index contributed by atoms with van der Waals surface area (Å²) >= 11 is 1.11. The molecule has 5 rings (SSSR count). The molecule has 0 radical (unpaired) electrons. The third-order valence-electron chi connectivity index (χ3n) is 5.39. The van der Waals surface area contributed by atoms with Crippen molar-refractivity contribution in [3.05, 3.63) is 64.7 Å². The number of benzene rings is 1. The number of ketones is 1. The number of carbonyl (C=O) groups excluding carboxylic acids is 1. The van der Waals surface area contributed by atoms with Crippen LogP contribution in [0.2, 0.25) is 0 Å². The van der Waals surface area contributed by atoms with Crippen LogP contribution in [0.15, 0.2) is 73.0 Å². The highest BCUT2D eigenvalue weighted by Gasteiger charge is 2.37. The largest absolute Gasteiger partial charge is 0.453 e. The number of carbonyl (C=O) groups is 1. The molecule has 1 unspecified atom stereocenters. The first kappa shape index (κ1) is 21.3. The molecule has 0 amide bonds. The van der Waals surface area contributed by atoms with Gasteiger partial charge in [0.25, 0.3) is 0 Å². The van der Waals surface area contributed by atoms with Crippen molar-refractivity contribution in [2.45, 2.75) is 22.3 Å². The van der Waals surface area contributed by atoms with Gasteiger partial charge in [-0.05, 0) is 42.1 Å². The number of aromatic amines is 1. The minimum Gasteiger partial charge on any atom is -0.453 e. The molecule has 4 heterocycles. The van der Waals surface area contributed by atoms with Gasteiger partial charge in [0, 0.05) is 23.9 Å². The van der Waals surface area contributed by atoms with Gasteiger partial charge in [-0.25, -0.2) is 9.98 Å². The van der Waals surface area contributed by atoms with E-state index in [0.29, 0.717) is 44.9 Å². The third kappa shape index (κ3) is 3.80. The number of furan rings is 1. The monoisotopic (exact) mass is 474 g/mol. The topological polar surface area (TPSA) is 135 Å². The number of hydrogen-bond acceptors (Lipinski definition) is 8. The molecule has 0 aliphatic carbocycles. The lowest BCUT2D eigenvalue weighted by Crippen LogP contribution is -2.39. The number of hydrogen-bond donors (Lipinski definition) is 4. The van der Waals surface area contributed by atoms with Gasteiger partial charge in [-0.3, -0.25) is 4.79 Å². The average molecular weight is 474 g/mol. The molecule has 0 saturated heterocycles. The van der Waals surface area contributed by atoms with E-state index in [2.05, 4.69) is 20.3 Å². The zero-order valence-electron chi connectivity index (χ0n) is 16.9. The van der Waals surface area contributed by atoms with Crippen LogP contribution in [-0.2, 0) is 11.0 Å². The van der Waals surface area contributed by atoms with E-state index in [1.165, 1.54) is 12.3 Å². The number of H-pyrrole nitrogens is 1.